The first-order valence-electron chi connectivity index (χ1n) is 8.40. The number of ketones is 1. The second kappa shape index (κ2) is 6.82. The fourth-order valence-corrected chi connectivity index (χ4v) is 2.94. The first kappa shape index (κ1) is 15.5. The van der Waals surface area contributed by atoms with E-state index in [0.29, 0.717) is 0 Å². The van der Waals surface area contributed by atoms with E-state index in [1.54, 1.807) is 6.92 Å². The van der Waals surface area contributed by atoms with Crippen LogP contribution in [0.15, 0.2) is 54.6 Å². The van der Waals surface area contributed by atoms with Crippen LogP contribution in [0.1, 0.15) is 43.6 Å². The third kappa shape index (κ3) is 3.53. The van der Waals surface area contributed by atoms with Crippen molar-refractivity contribution in [2.24, 2.45) is 0 Å². The summed E-state index contributed by atoms with van der Waals surface area (Å²) in [5, 5.41) is 1.16. The highest BCUT2D eigenvalue weighted by Crippen LogP contribution is 2.32. The number of carbonyl (C=O) groups excluding carboxylic acids is 1. The van der Waals surface area contributed by atoms with Crippen molar-refractivity contribution in [1.82, 2.24) is 4.57 Å². The summed E-state index contributed by atoms with van der Waals surface area (Å²) in [5.41, 5.74) is 4.86. The molecule has 2 heteroatoms. The summed E-state index contributed by atoms with van der Waals surface area (Å²) < 4.78 is 2.16. The van der Waals surface area contributed by atoms with Crippen molar-refractivity contribution in [3.05, 3.63) is 60.3 Å². The van der Waals surface area contributed by atoms with Crippen LogP contribution in [0.4, 0.5) is 0 Å². The van der Waals surface area contributed by atoms with Crippen LogP contribution in [-0.4, -0.2) is 10.4 Å². The molecule has 0 aliphatic heterocycles. The summed E-state index contributed by atoms with van der Waals surface area (Å²) in [6.07, 6.45) is 3.55. The minimum atomic E-state index is 0.151. The van der Waals surface area contributed by atoms with Crippen LogP contribution in [-0.2, 0) is 6.54 Å². The van der Waals surface area contributed by atoms with Gasteiger partial charge in [-0.3, -0.25) is 4.79 Å². The number of hydrogen-bond acceptors (Lipinski definition) is 1. The first-order chi connectivity index (χ1) is 11.2. The van der Waals surface area contributed by atoms with E-state index in [9.17, 15) is 4.79 Å². The highest BCUT2D eigenvalue weighted by atomic mass is 16.1. The summed E-state index contributed by atoms with van der Waals surface area (Å²) in [5.74, 6) is 0.151. The quantitative estimate of drug-likeness (QED) is 0.342. The fraction of sp³-hybridized carbons (Fsp3) is 0.286. The molecule has 0 bridgehead atoms. The summed E-state index contributed by atoms with van der Waals surface area (Å²) in [6, 6.07) is 18.7. The van der Waals surface area contributed by atoms with Gasteiger partial charge >= 0.3 is 0 Å². The van der Waals surface area contributed by atoms with Gasteiger partial charge in [-0.15, -0.1) is 0 Å². The van der Waals surface area contributed by atoms with Crippen molar-refractivity contribution in [2.45, 2.75) is 39.7 Å². The Morgan fingerprint density at radius 1 is 0.957 bits per heavy atom. The molecule has 23 heavy (non-hydrogen) atoms. The number of rotatable bonds is 5. The maximum Gasteiger partial charge on any atom is 0.176 e. The predicted octanol–water partition coefficient (Wildman–Crippen LogP) is 5.70. The van der Waals surface area contributed by atoms with Crippen LogP contribution < -0.4 is 0 Å². The van der Waals surface area contributed by atoms with E-state index < -0.39 is 0 Å². The van der Waals surface area contributed by atoms with Gasteiger partial charge in [-0.2, -0.15) is 0 Å². The number of para-hydroxylation sites is 1. The van der Waals surface area contributed by atoms with Crippen molar-refractivity contribution in [3.63, 3.8) is 0 Å². The van der Waals surface area contributed by atoms with Gasteiger partial charge < -0.3 is 4.57 Å². The molecule has 1 heterocycles. The van der Waals surface area contributed by atoms with Crippen LogP contribution >= 0.6 is 0 Å². The van der Waals surface area contributed by atoms with Gasteiger partial charge in [0.2, 0.25) is 0 Å². The van der Waals surface area contributed by atoms with E-state index in [2.05, 4.69) is 47.9 Å². The van der Waals surface area contributed by atoms with Gasteiger partial charge in [-0.1, -0.05) is 56.2 Å². The van der Waals surface area contributed by atoms with E-state index in [1.165, 1.54) is 29.5 Å². The molecule has 0 radical (unpaired) electrons. The Bertz CT molecular complexity index is 811. The fourth-order valence-electron chi connectivity index (χ4n) is 2.94. The molecule has 118 valence electrons. The number of benzene rings is 2. The molecule has 4 rings (SSSR count). The zero-order valence-corrected chi connectivity index (χ0v) is 13.9. The number of carbonyl (C=O) groups is 1. The van der Waals surface area contributed by atoms with Gasteiger partial charge in [-0.25, -0.2) is 0 Å². The van der Waals surface area contributed by atoms with E-state index in [4.69, 9.17) is 0 Å². The van der Waals surface area contributed by atoms with Crippen LogP contribution in [0.2, 0.25) is 0 Å². The Morgan fingerprint density at radius 3 is 2.26 bits per heavy atom. The van der Waals surface area contributed by atoms with Gasteiger partial charge in [-0.05, 0) is 35.7 Å². The molecule has 0 spiro atoms. The van der Waals surface area contributed by atoms with Gasteiger partial charge in [0, 0.05) is 24.4 Å². The molecule has 2 aliphatic rings. The summed E-state index contributed by atoms with van der Waals surface area (Å²) in [7, 11) is 0. The third-order valence-electron chi connectivity index (χ3n) is 4.27. The molecule has 0 amide bonds. The second-order valence-corrected chi connectivity index (χ2v) is 6.08. The number of Topliss-reactive ketones (excluding diaryl/α,β-unsaturated/α-hetero) is 1. The smallest absolute Gasteiger partial charge is 0.176 e. The average molecular weight is 305 g/mol. The summed E-state index contributed by atoms with van der Waals surface area (Å²) >= 11 is 0. The normalized spacial score (nSPS) is 11.0. The lowest BCUT2D eigenvalue weighted by atomic mass is 10.2. The molecule has 0 saturated heterocycles. The molecule has 2 nitrogen and oxygen atoms in total. The molecular weight excluding hydrogens is 282 g/mol. The molecule has 0 saturated carbocycles. The maximum atomic E-state index is 11.6. The zero-order valence-electron chi connectivity index (χ0n) is 13.9. The Kier molecular flexibility index (Phi) is 4.61. The third-order valence-corrected chi connectivity index (χ3v) is 4.27. The van der Waals surface area contributed by atoms with Crippen molar-refractivity contribution in [3.8, 4) is 11.1 Å². The van der Waals surface area contributed by atoms with E-state index in [-0.39, 0.29) is 5.78 Å². The van der Waals surface area contributed by atoms with Gasteiger partial charge in [0.05, 0.1) is 5.69 Å². The Morgan fingerprint density at radius 2 is 1.70 bits per heavy atom. The van der Waals surface area contributed by atoms with Crippen molar-refractivity contribution >= 4 is 16.7 Å². The Hall–Kier alpha value is -2.35. The van der Waals surface area contributed by atoms with Crippen LogP contribution in [0.25, 0.3) is 22.0 Å². The highest BCUT2D eigenvalue weighted by molar-refractivity contribution is 5.98. The number of fused-ring (bicyclic) bond motifs is 2. The molecule has 0 unspecified atom stereocenters. The van der Waals surface area contributed by atoms with Crippen molar-refractivity contribution < 1.29 is 4.79 Å². The average Bonchev–Trinajstić information content (AvgIpc) is 2.99. The number of nitrogens with zero attached hydrogens (tertiary/aromatic N) is 1. The zero-order chi connectivity index (χ0) is 16.2. The van der Waals surface area contributed by atoms with Gasteiger partial charge in [0.25, 0.3) is 0 Å². The van der Waals surface area contributed by atoms with E-state index in [0.717, 1.165) is 24.0 Å². The predicted molar refractivity (Wildman–Crippen MR) is 96.9 cm³/mol. The Labute approximate surface area is 137 Å². The standard InChI is InChI=1S/C15H19NO.C6H4/c1-3-4-7-10-16-14-9-6-5-8-13(14)11-15(16)12(2)17;1-2-5-4-6(5)3-1/h5-6,8-9,11H,3-4,7,10H2,1-2H3;1-4H. The molecular formula is C21H23NO. The van der Waals surface area contributed by atoms with Crippen molar-refractivity contribution in [1.29, 1.82) is 0 Å². The lowest BCUT2D eigenvalue weighted by Crippen LogP contribution is -2.06. The topological polar surface area (TPSA) is 22.0 Å². The van der Waals surface area contributed by atoms with E-state index >= 15 is 0 Å². The highest BCUT2D eigenvalue weighted by Gasteiger charge is 2.11. The largest absolute Gasteiger partial charge is 0.338 e. The van der Waals surface area contributed by atoms with E-state index in [1.807, 2.05) is 18.2 Å². The molecule has 0 atom stereocenters. The number of unbranched alkanes of at least 4 members (excludes halogenated alkanes) is 2. The summed E-state index contributed by atoms with van der Waals surface area (Å²) in [6.45, 7) is 4.78. The van der Waals surface area contributed by atoms with Crippen LogP contribution in [0.5, 0.6) is 0 Å². The molecule has 1 aromatic carbocycles. The summed E-state index contributed by atoms with van der Waals surface area (Å²) in [4.78, 5) is 11.6. The lowest BCUT2D eigenvalue weighted by molar-refractivity contribution is 0.100. The van der Waals surface area contributed by atoms with Crippen LogP contribution in [0.3, 0.4) is 0 Å². The monoisotopic (exact) mass is 305 g/mol. The molecule has 0 N–H and O–H groups in total. The van der Waals surface area contributed by atoms with Gasteiger partial charge in [0.15, 0.2) is 5.78 Å². The minimum Gasteiger partial charge on any atom is -0.338 e. The van der Waals surface area contributed by atoms with Crippen LogP contribution in [0, 0.1) is 0 Å². The number of hydrogen-bond donors (Lipinski definition) is 0. The molecule has 2 aromatic rings. The Balaban J connectivity index is 0.000000213. The molecule has 0 fully saturated rings. The molecule has 2 aliphatic carbocycles. The first-order valence-corrected chi connectivity index (χ1v) is 8.40. The number of aryl methyl sites for hydroxylation is 1. The SMILES string of the molecule is CCCCCn1c(C(C)=O)cc2ccccc21.c1cc2cc-2c1. The number of aromatic nitrogens is 1. The lowest BCUT2D eigenvalue weighted by Gasteiger charge is -2.08. The molecule has 1 aromatic heterocycles. The van der Waals surface area contributed by atoms with Gasteiger partial charge in [0.1, 0.15) is 0 Å². The maximum absolute atomic E-state index is 11.6. The minimum absolute atomic E-state index is 0.151. The van der Waals surface area contributed by atoms with Crippen molar-refractivity contribution in [2.75, 3.05) is 0 Å². The second-order valence-electron chi connectivity index (χ2n) is 6.08.